The van der Waals surface area contributed by atoms with Crippen LogP contribution >= 0.6 is 0 Å². The predicted octanol–water partition coefficient (Wildman–Crippen LogP) is 3.85. The molecular formula is C17H27NO2. The maximum Gasteiger partial charge on any atom is 0.161 e. The van der Waals surface area contributed by atoms with Crippen molar-refractivity contribution in [1.29, 1.82) is 0 Å². The molecule has 3 heteroatoms. The summed E-state index contributed by atoms with van der Waals surface area (Å²) in [6.45, 7) is 5.62. The fourth-order valence-corrected chi connectivity index (χ4v) is 3.02. The Morgan fingerprint density at radius 3 is 2.75 bits per heavy atom. The van der Waals surface area contributed by atoms with Crippen LogP contribution < -0.4 is 10.1 Å². The number of nitrogens with one attached hydrogen (secondary N) is 1. The van der Waals surface area contributed by atoms with Gasteiger partial charge in [-0.1, -0.05) is 25.3 Å². The van der Waals surface area contributed by atoms with Gasteiger partial charge in [-0.15, -0.1) is 0 Å². The summed E-state index contributed by atoms with van der Waals surface area (Å²) in [7, 11) is 0. The highest BCUT2D eigenvalue weighted by Gasteiger charge is 2.19. The molecule has 0 aromatic heterocycles. The van der Waals surface area contributed by atoms with Crippen molar-refractivity contribution in [3.63, 3.8) is 0 Å². The van der Waals surface area contributed by atoms with Gasteiger partial charge >= 0.3 is 0 Å². The molecule has 0 heterocycles. The average Bonchev–Trinajstić information content (AvgIpc) is 2.49. The molecule has 0 saturated heterocycles. The Balaban J connectivity index is 1.88. The second-order valence-electron chi connectivity index (χ2n) is 5.80. The van der Waals surface area contributed by atoms with E-state index in [1.54, 1.807) is 6.07 Å². The van der Waals surface area contributed by atoms with Gasteiger partial charge in [-0.25, -0.2) is 0 Å². The zero-order valence-corrected chi connectivity index (χ0v) is 12.7. The summed E-state index contributed by atoms with van der Waals surface area (Å²) in [5, 5.41) is 13.3. The van der Waals surface area contributed by atoms with Crippen molar-refractivity contribution in [3.8, 4) is 11.5 Å². The zero-order chi connectivity index (χ0) is 14.4. The molecule has 1 aromatic rings. The normalized spacial score (nSPS) is 17.9. The number of rotatable bonds is 6. The van der Waals surface area contributed by atoms with Crippen molar-refractivity contribution < 1.29 is 9.84 Å². The minimum atomic E-state index is 0.218. The van der Waals surface area contributed by atoms with Crippen LogP contribution in [0.5, 0.6) is 11.5 Å². The molecule has 0 unspecified atom stereocenters. The molecule has 3 nitrogen and oxygen atoms in total. The molecule has 1 aromatic carbocycles. The molecule has 0 spiro atoms. The SMILES string of the molecule is CCOc1cc(CN[C@@H](C)C2CCCCC2)ccc1O. The first-order chi connectivity index (χ1) is 9.70. The van der Waals surface area contributed by atoms with E-state index in [0.717, 1.165) is 18.0 Å². The van der Waals surface area contributed by atoms with Crippen LogP contribution in [0.3, 0.4) is 0 Å². The largest absolute Gasteiger partial charge is 0.504 e. The summed E-state index contributed by atoms with van der Waals surface area (Å²) in [5.74, 6) is 1.61. The maximum atomic E-state index is 9.70. The molecule has 20 heavy (non-hydrogen) atoms. The van der Waals surface area contributed by atoms with Gasteiger partial charge in [0.2, 0.25) is 0 Å². The van der Waals surface area contributed by atoms with Crippen LogP contribution in [0.2, 0.25) is 0 Å². The van der Waals surface area contributed by atoms with Gasteiger partial charge in [-0.05, 0) is 50.3 Å². The van der Waals surface area contributed by atoms with Gasteiger partial charge in [0, 0.05) is 12.6 Å². The minimum absolute atomic E-state index is 0.218. The predicted molar refractivity (Wildman–Crippen MR) is 82.2 cm³/mol. The third kappa shape index (κ3) is 4.14. The molecule has 0 bridgehead atoms. The van der Waals surface area contributed by atoms with Gasteiger partial charge in [0.05, 0.1) is 6.61 Å². The Hall–Kier alpha value is -1.22. The first-order valence-electron chi connectivity index (χ1n) is 7.88. The lowest BCUT2D eigenvalue weighted by Crippen LogP contribution is -2.34. The molecule has 0 aliphatic heterocycles. The first-order valence-corrected chi connectivity index (χ1v) is 7.88. The Morgan fingerprint density at radius 1 is 1.30 bits per heavy atom. The van der Waals surface area contributed by atoms with Gasteiger partial charge < -0.3 is 15.2 Å². The van der Waals surface area contributed by atoms with Crippen LogP contribution in [0.25, 0.3) is 0 Å². The van der Waals surface area contributed by atoms with E-state index < -0.39 is 0 Å². The summed E-state index contributed by atoms with van der Waals surface area (Å²) in [6.07, 6.45) is 6.87. The summed E-state index contributed by atoms with van der Waals surface area (Å²) in [5.41, 5.74) is 1.16. The highest BCUT2D eigenvalue weighted by molar-refractivity contribution is 5.41. The molecule has 1 saturated carbocycles. The van der Waals surface area contributed by atoms with Crippen molar-refractivity contribution in [2.24, 2.45) is 5.92 Å². The smallest absolute Gasteiger partial charge is 0.161 e. The molecule has 2 rings (SSSR count). The van der Waals surface area contributed by atoms with Crippen molar-refractivity contribution >= 4 is 0 Å². The lowest BCUT2D eigenvalue weighted by atomic mass is 9.84. The number of hydrogen-bond donors (Lipinski definition) is 2. The number of aromatic hydroxyl groups is 1. The third-order valence-corrected chi connectivity index (χ3v) is 4.31. The fraction of sp³-hybridized carbons (Fsp3) is 0.647. The quantitative estimate of drug-likeness (QED) is 0.830. The third-order valence-electron chi connectivity index (χ3n) is 4.31. The molecule has 1 aliphatic carbocycles. The van der Waals surface area contributed by atoms with Crippen LogP contribution in [-0.4, -0.2) is 17.8 Å². The maximum absolute atomic E-state index is 9.70. The van der Waals surface area contributed by atoms with E-state index in [1.807, 2.05) is 19.1 Å². The van der Waals surface area contributed by atoms with E-state index in [0.29, 0.717) is 18.4 Å². The summed E-state index contributed by atoms with van der Waals surface area (Å²) >= 11 is 0. The van der Waals surface area contributed by atoms with Crippen LogP contribution in [0.1, 0.15) is 51.5 Å². The molecule has 1 fully saturated rings. The monoisotopic (exact) mass is 277 g/mol. The fourth-order valence-electron chi connectivity index (χ4n) is 3.02. The molecule has 0 radical (unpaired) electrons. The van der Waals surface area contributed by atoms with Crippen molar-refractivity contribution in [2.45, 2.75) is 58.5 Å². The molecule has 1 atom stereocenters. The average molecular weight is 277 g/mol. The van der Waals surface area contributed by atoms with Gasteiger partial charge in [-0.3, -0.25) is 0 Å². The van der Waals surface area contributed by atoms with Gasteiger partial charge in [-0.2, -0.15) is 0 Å². The number of hydrogen-bond acceptors (Lipinski definition) is 3. The molecule has 112 valence electrons. The van der Waals surface area contributed by atoms with Crippen molar-refractivity contribution in [1.82, 2.24) is 5.32 Å². The van der Waals surface area contributed by atoms with Gasteiger partial charge in [0.15, 0.2) is 11.5 Å². The standard InChI is InChI=1S/C17H27NO2/c1-3-20-17-11-14(9-10-16(17)19)12-18-13(2)15-7-5-4-6-8-15/h9-11,13,15,18-19H,3-8,12H2,1-2H3/t13-/m0/s1. The van der Waals surface area contributed by atoms with Crippen molar-refractivity contribution in [3.05, 3.63) is 23.8 Å². The summed E-state index contributed by atoms with van der Waals surface area (Å²) in [4.78, 5) is 0. The molecule has 0 amide bonds. The Kier molecular flexibility index (Phi) is 5.72. The zero-order valence-electron chi connectivity index (χ0n) is 12.7. The molecule has 2 N–H and O–H groups in total. The van der Waals surface area contributed by atoms with Gasteiger partial charge in [0.25, 0.3) is 0 Å². The summed E-state index contributed by atoms with van der Waals surface area (Å²) < 4.78 is 5.42. The highest BCUT2D eigenvalue weighted by atomic mass is 16.5. The molecule has 1 aliphatic rings. The number of phenolic OH excluding ortho intramolecular Hbond substituents is 1. The van der Waals surface area contributed by atoms with Crippen LogP contribution in [0, 0.1) is 5.92 Å². The van der Waals surface area contributed by atoms with E-state index >= 15 is 0 Å². The van der Waals surface area contributed by atoms with E-state index in [-0.39, 0.29) is 5.75 Å². The van der Waals surface area contributed by atoms with Gasteiger partial charge in [0.1, 0.15) is 0 Å². The second kappa shape index (κ2) is 7.53. The Labute approximate surface area is 122 Å². The van der Waals surface area contributed by atoms with Crippen LogP contribution in [-0.2, 0) is 6.54 Å². The van der Waals surface area contributed by atoms with E-state index in [2.05, 4.69) is 12.2 Å². The second-order valence-corrected chi connectivity index (χ2v) is 5.80. The molecular weight excluding hydrogens is 250 g/mol. The lowest BCUT2D eigenvalue weighted by molar-refractivity contribution is 0.280. The van der Waals surface area contributed by atoms with E-state index in [1.165, 1.54) is 32.1 Å². The van der Waals surface area contributed by atoms with E-state index in [4.69, 9.17) is 4.74 Å². The first kappa shape index (κ1) is 15.2. The van der Waals surface area contributed by atoms with Crippen LogP contribution in [0.15, 0.2) is 18.2 Å². The topological polar surface area (TPSA) is 41.5 Å². The van der Waals surface area contributed by atoms with Crippen molar-refractivity contribution in [2.75, 3.05) is 6.61 Å². The number of ether oxygens (including phenoxy) is 1. The minimum Gasteiger partial charge on any atom is -0.504 e. The number of phenols is 1. The van der Waals surface area contributed by atoms with Crippen LogP contribution in [0.4, 0.5) is 0 Å². The number of benzene rings is 1. The van der Waals surface area contributed by atoms with E-state index in [9.17, 15) is 5.11 Å². The lowest BCUT2D eigenvalue weighted by Gasteiger charge is -2.28. The summed E-state index contributed by atoms with van der Waals surface area (Å²) in [6, 6.07) is 6.16. The highest BCUT2D eigenvalue weighted by Crippen LogP contribution is 2.28. The Bertz CT molecular complexity index is 413. The Morgan fingerprint density at radius 2 is 2.05 bits per heavy atom.